The van der Waals surface area contributed by atoms with E-state index in [2.05, 4.69) is 19.2 Å². The van der Waals surface area contributed by atoms with Crippen LogP contribution in [0.25, 0.3) is 0 Å². The molecule has 1 N–H and O–H groups in total. The van der Waals surface area contributed by atoms with Crippen LogP contribution in [0, 0.1) is 11.8 Å². The molecule has 1 aliphatic carbocycles. The van der Waals surface area contributed by atoms with Crippen LogP contribution in [-0.2, 0) is 0 Å². The molecule has 1 aliphatic rings. The molecule has 0 heterocycles. The fraction of sp³-hybridized carbons (Fsp3) is 0.667. The summed E-state index contributed by atoms with van der Waals surface area (Å²) >= 11 is 0. The molecule has 0 aliphatic heterocycles. The van der Waals surface area contributed by atoms with Crippen molar-refractivity contribution in [3.05, 3.63) is 24.3 Å². The van der Waals surface area contributed by atoms with Crippen LogP contribution >= 0.6 is 0 Å². The predicted molar refractivity (Wildman–Crippen MR) is 87.1 cm³/mol. The van der Waals surface area contributed by atoms with Gasteiger partial charge in [0.15, 0.2) is 11.5 Å². The smallest absolute Gasteiger partial charge is 0.161 e. The Balaban J connectivity index is 1.72. The molecule has 0 amide bonds. The lowest BCUT2D eigenvalue weighted by Crippen LogP contribution is -2.40. The average Bonchev–Trinajstić information content (AvgIpc) is 2.47. The maximum atomic E-state index is 5.85. The van der Waals surface area contributed by atoms with Crippen molar-refractivity contribution in [3.63, 3.8) is 0 Å². The SMILES string of the molecule is CCOc1ccccc1OCCNC1CCC(C)CC1C. The molecule has 1 fully saturated rings. The molecule has 3 nitrogen and oxygen atoms in total. The molecule has 21 heavy (non-hydrogen) atoms. The lowest BCUT2D eigenvalue weighted by atomic mass is 9.80. The molecule has 3 unspecified atom stereocenters. The van der Waals surface area contributed by atoms with Crippen LogP contribution in [0.5, 0.6) is 11.5 Å². The van der Waals surface area contributed by atoms with Crippen molar-refractivity contribution in [3.8, 4) is 11.5 Å². The van der Waals surface area contributed by atoms with Crippen LogP contribution in [0.4, 0.5) is 0 Å². The van der Waals surface area contributed by atoms with Crippen LogP contribution in [0.3, 0.4) is 0 Å². The number of benzene rings is 1. The zero-order valence-electron chi connectivity index (χ0n) is 13.6. The van der Waals surface area contributed by atoms with Gasteiger partial charge in [-0.3, -0.25) is 0 Å². The lowest BCUT2D eigenvalue weighted by Gasteiger charge is -2.33. The molecule has 0 bridgehead atoms. The van der Waals surface area contributed by atoms with Gasteiger partial charge in [0.1, 0.15) is 6.61 Å². The van der Waals surface area contributed by atoms with E-state index in [1.807, 2.05) is 31.2 Å². The molecule has 118 valence electrons. The van der Waals surface area contributed by atoms with E-state index < -0.39 is 0 Å². The standard InChI is InChI=1S/C18H29NO2/c1-4-20-17-7-5-6-8-18(17)21-12-11-19-16-10-9-14(2)13-15(16)3/h5-8,14-16,19H,4,9-13H2,1-3H3. The third kappa shape index (κ3) is 4.92. The van der Waals surface area contributed by atoms with Gasteiger partial charge in [-0.05, 0) is 50.2 Å². The first-order valence-corrected chi connectivity index (χ1v) is 8.28. The second-order valence-electron chi connectivity index (χ2n) is 6.18. The Labute approximate surface area is 129 Å². The van der Waals surface area contributed by atoms with Gasteiger partial charge in [-0.2, -0.15) is 0 Å². The summed E-state index contributed by atoms with van der Waals surface area (Å²) in [6.45, 7) is 8.95. The molecule has 0 saturated heterocycles. The largest absolute Gasteiger partial charge is 0.490 e. The minimum atomic E-state index is 0.645. The number of rotatable bonds is 7. The molecule has 0 aromatic heterocycles. The molecule has 0 spiro atoms. The summed E-state index contributed by atoms with van der Waals surface area (Å²) in [6, 6.07) is 8.52. The molecular formula is C18H29NO2. The van der Waals surface area contributed by atoms with Crippen LogP contribution in [0.15, 0.2) is 24.3 Å². The highest BCUT2D eigenvalue weighted by Gasteiger charge is 2.24. The van der Waals surface area contributed by atoms with Gasteiger partial charge in [-0.1, -0.05) is 26.0 Å². The fourth-order valence-electron chi connectivity index (χ4n) is 3.22. The predicted octanol–water partition coefficient (Wildman–Crippen LogP) is 3.88. The van der Waals surface area contributed by atoms with Gasteiger partial charge in [0.2, 0.25) is 0 Å². The number of para-hydroxylation sites is 2. The third-order valence-corrected chi connectivity index (χ3v) is 4.35. The molecular weight excluding hydrogens is 262 g/mol. The molecule has 1 aromatic rings. The van der Waals surface area contributed by atoms with Crippen molar-refractivity contribution in [2.45, 2.75) is 46.1 Å². The highest BCUT2D eigenvalue weighted by Crippen LogP contribution is 2.29. The number of nitrogens with one attached hydrogen (secondary N) is 1. The molecule has 3 heteroatoms. The Bertz CT molecular complexity index is 421. The third-order valence-electron chi connectivity index (χ3n) is 4.35. The highest BCUT2D eigenvalue weighted by molar-refractivity contribution is 5.39. The Kier molecular flexibility index (Phi) is 6.37. The topological polar surface area (TPSA) is 30.5 Å². The number of hydrogen-bond donors (Lipinski definition) is 1. The van der Waals surface area contributed by atoms with Crippen LogP contribution < -0.4 is 14.8 Å². The Hall–Kier alpha value is -1.22. The van der Waals surface area contributed by atoms with E-state index in [1.165, 1.54) is 19.3 Å². The van der Waals surface area contributed by atoms with Crippen LogP contribution in [0.2, 0.25) is 0 Å². The number of ether oxygens (including phenoxy) is 2. The lowest BCUT2D eigenvalue weighted by molar-refractivity contribution is 0.212. The van der Waals surface area contributed by atoms with Crippen molar-refractivity contribution >= 4 is 0 Å². The minimum absolute atomic E-state index is 0.645. The number of hydrogen-bond acceptors (Lipinski definition) is 3. The Morgan fingerprint density at radius 2 is 1.81 bits per heavy atom. The minimum Gasteiger partial charge on any atom is -0.490 e. The summed E-state index contributed by atoms with van der Waals surface area (Å²) < 4.78 is 11.4. The first kappa shape index (κ1) is 16.2. The quantitative estimate of drug-likeness (QED) is 0.773. The van der Waals surface area contributed by atoms with Crippen molar-refractivity contribution < 1.29 is 9.47 Å². The summed E-state index contributed by atoms with van der Waals surface area (Å²) in [5.41, 5.74) is 0. The van der Waals surface area contributed by atoms with Gasteiger partial charge < -0.3 is 14.8 Å². The second kappa shape index (κ2) is 8.28. The van der Waals surface area contributed by atoms with Gasteiger partial charge in [0.05, 0.1) is 6.61 Å². The zero-order chi connectivity index (χ0) is 15.1. The van der Waals surface area contributed by atoms with Crippen molar-refractivity contribution in [2.24, 2.45) is 11.8 Å². The van der Waals surface area contributed by atoms with E-state index in [-0.39, 0.29) is 0 Å². The highest BCUT2D eigenvalue weighted by atomic mass is 16.5. The summed E-state index contributed by atoms with van der Waals surface area (Å²) in [5.74, 6) is 3.32. The van der Waals surface area contributed by atoms with Crippen LogP contribution in [0.1, 0.15) is 40.0 Å². The second-order valence-corrected chi connectivity index (χ2v) is 6.18. The molecule has 0 radical (unpaired) electrons. The van der Waals surface area contributed by atoms with Gasteiger partial charge in [0.25, 0.3) is 0 Å². The molecule has 3 atom stereocenters. The van der Waals surface area contributed by atoms with Gasteiger partial charge in [-0.15, -0.1) is 0 Å². The van der Waals surface area contributed by atoms with Crippen LogP contribution in [-0.4, -0.2) is 25.8 Å². The van der Waals surface area contributed by atoms with Crippen molar-refractivity contribution in [1.82, 2.24) is 5.32 Å². The normalized spacial score (nSPS) is 25.6. The Morgan fingerprint density at radius 1 is 1.10 bits per heavy atom. The van der Waals surface area contributed by atoms with Crippen molar-refractivity contribution in [2.75, 3.05) is 19.8 Å². The summed E-state index contributed by atoms with van der Waals surface area (Å²) in [5, 5.41) is 3.65. The van der Waals surface area contributed by atoms with Crippen molar-refractivity contribution in [1.29, 1.82) is 0 Å². The first-order valence-electron chi connectivity index (χ1n) is 8.28. The summed E-state index contributed by atoms with van der Waals surface area (Å²) in [4.78, 5) is 0. The molecule has 2 rings (SSSR count). The summed E-state index contributed by atoms with van der Waals surface area (Å²) in [7, 11) is 0. The monoisotopic (exact) mass is 291 g/mol. The zero-order valence-corrected chi connectivity index (χ0v) is 13.6. The Morgan fingerprint density at radius 3 is 2.48 bits per heavy atom. The molecule has 1 aromatic carbocycles. The average molecular weight is 291 g/mol. The van der Waals surface area contributed by atoms with Gasteiger partial charge in [0, 0.05) is 12.6 Å². The van der Waals surface area contributed by atoms with E-state index >= 15 is 0 Å². The van der Waals surface area contributed by atoms with E-state index in [4.69, 9.17) is 9.47 Å². The molecule has 1 saturated carbocycles. The van der Waals surface area contributed by atoms with E-state index in [1.54, 1.807) is 0 Å². The van der Waals surface area contributed by atoms with E-state index in [9.17, 15) is 0 Å². The van der Waals surface area contributed by atoms with Gasteiger partial charge >= 0.3 is 0 Å². The maximum absolute atomic E-state index is 5.85. The first-order chi connectivity index (χ1) is 10.2. The van der Waals surface area contributed by atoms with Gasteiger partial charge in [-0.25, -0.2) is 0 Å². The van der Waals surface area contributed by atoms with E-state index in [0.717, 1.165) is 29.9 Å². The summed E-state index contributed by atoms with van der Waals surface area (Å²) in [6.07, 6.45) is 3.97. The maximum Gasteiger partial charge on any atom is 0.161 e. The fourth-order valence-corrected chi connectivity index (χ4v) is 3.22. The van der Waals surface area contributed by atoms with E-state index in [0.29, 0.717) is 19.3 Å².